The van der Waals surface area contributed by atoms with Crippen molar-refractivity contribution in [2.45, 2.75) is 46.2 Å². The molecule has 1 unspecified atom stereocenters. The van der Waals surface area contributed by atoms with E-state index in [1.807, 2.05) is 20.0 Å². The fourth-order valence-electron chi connectivity index (χ4n) is 2.03. The van der Waals surface area contributed by atoms with Gasteiger partial charge in [-0.25, -0.2) is 0 Å². The second kappa shape index (κ2) is 8.22. The molecule has 0 bridgehead atoms. The van der Waals surface area contributed by atoms with E-state index in [4.69, 9.17) is 0 Å². The molecule has 3 nitrogen and oxygen atoms in total. The van der Waals surface area contributed by atoms with Gasteiger partial charge in [0.1, 0.15) is 0 Å². The number of nitrogens with one attached hydrogen (secondary N) is 1. The van der Waals surface area contributed by atoms with Gasteiger partial charge in [0.05, 0.1) is 5.69 Å². The van der Waals surface area contributed by atoms with E-state index in [2.05, 4.69) is 41.2 Å². The van der Waals surface area contributed by atoms with Crippen molar-refractivity contribution in [3.63, 3.8) is 0 Å². The Bertz CT molecular complexity index is 338. The first kappa shape index (κ1) is 15.1. The summed E-state index contributed by atoms with van der Waals surface area (Å²) in [7, 11) is 2.03. The van der Waals surface area contributed by atoms with Crippen LogP contribution in [0.25, 0.3) is 0 Å². The Kier molecular flexibility index (Phi) is 6.91. The minimum atomic E-state index is 0.612. The van der Waals surface area contributed by atoms with Crippen molar-refractivity contribution in [3.8, 4) is 0 Å². The molecule has 0 aromatic carbocycles. The molecule has 102 valence electrons. The molecule has 0 spiro atoms. The van der Waals surface area contributed by atoms with Crippen molar-refractivity contribution in [2.75, 3.05) is 20.1 Å². The molecule has 0 aliphatic carbocycles. The lowest BCUT2D eigenvalue weighted by Crippen LogP contribution is -2.27. The van der Waals surface area contributed by atoms with Gasteiger partial charge < -0.3 is 5.32 Å². The lowest BCUT2D eigenvalue weighted by Gasteiger charge is -2.21. The maximum absolute atomic E-state index is 4.57. The van der Waals surface area contributed by atoms with Crippen LogP contribution >= 0.6 is 0 Å². The second-order valence-corrected chi connectivity index (χ2v) is 4.97. The monoisotopic (exact) mass is 249 g/mol. The van der Waals surface area contributed by atoms with E-state index in [0.29, 0.717) is 6.04 Å². The molecule has 1 heterocycles. The lowest BCUT2D eigenvalue weighted by molar-refractivity contribution is 0.266. The maximum Gasteiger partial charge on any atom is 0.0547 e. The van der Waals surface area contributed by atoms with Crippen LogP contribution in [0, 0.1) is 6.92 Å². The van der Waals surface area contributed by atoms with E-state index < -0.39 is 0 Å². The molecule has 0 fully saturated rings. The Hall–Kier alpha value is -0.930. The molecule has 0 amide bonds. The molecule has 1 atom stereocenters. The Morgan fingerprint density at radius 3 is 2.78 bits per heavy atom. The number of pyridine rings is 1. The SMILES string of the molecule is CCN(CCCC(C)NC)Cc1cccc(C)n1. The van der Waals surface area contributed by atoms with Gasteiger partial charge in [0.15, 0.2) is 0 Å². The van der Waals surface area contributed by atoms with Gasteiger partial charge in [-0.15, -0.1) is 0 Å². The van der Waals surface area contributed by atoms with Gasteiger partial charge in [-0.1, -0.05) is 13.0 Å². The van der Waals surface area contributed by atoms with Gasteiger partial charge >= 0.3 is 0 Å². The standard InChI is InChI=1S/C15H27N3/c1-5-18(11-7-9-13(2)16-4)12-15-10-6-8-14(3)17-15/h6,8,10,13,16H,5,7,9,11-12H2,1-4H3. The number of nitrogens with zero attached hydrogens (tertiary/aromatic N) is 2. The average Bonchev–Trinajstić information content (AvgIpc) is 2.37. The van der Waals surface area contributed by atoms with Crippen LogP contribution in [0.4, 0.5) is 0 Å². The van der Waals surface area contributed by atoms with Crippen molar-refractivity contribution < 1.29 is 0 Å². The third kappa shape index (κ3) is 5.61. The molecule has 3 heteroatoms. The minimum absolute atomic E-state index is 0.612. The van der Waals surface area contributed by atoms with Crippen molar-refractivity contribution in [1.29, 1.82) is 0 Å². The third-order valence-corrected chi connectivity index (χ3v) is 3.38. The van der Waals surface area contributed by atoms with Gasteiger partial charge in [0, 0.05) is 18.3 Å². The largest absolute Gasteiger partial charge is 0.317 e. The molecule has 0 aliphatic rings. The summed E-state index contributed by atoms with van der Waals surface area (Å²) in [6.07, 6.45) is 2.47. The Morgan fingerprint density at radius 1 is 1.39 bits per heavy atom. The van der Waals surface area contributed by atoms with E-state index >= 15 is 0 Å². The van der Waals surface area contributed by atoms with Gasteiger partial charge in [0.25, 0.3) is 0 Å². The molecule has 1 aromatic heterocycles. The van der Waals surface area contributed by atoms with Crippen LogP contribution in [0.3, 0.4) is 0 Å². The molecule has 1 aromatic rings. The summed E-state index contributed by atoms with van der Waals surface area (Å²) in [5.74, 6) is 0. The van der Waals surface area contributed by atoms with E-state index in [0.717, 1.165) is 25.3 Å². The van der Waals surface area contributed by atoms with Crippen molar-refractivity contribution in [2.24, 2.45) is 0 Å². The van der Waals surface area contributed by atoms with Crippen molar-refractivity contribution in [1.82, 2.24) is 15.2 Å². The molecule has 0 radical (unpaired) electrons. The zero-order chi connectivity index (χ0) is 13.4. The summed E-state index contributed by atoms with van der Waals surface area (Å²) >= 11 is 0. The number of aromatic nitrogens is 1. The van der Waals surface area contributed by atoms with E-state index in [1.54, 1.807) is 0 Å². The summed E-state index contributed by atoms with van der Waals surface area (Å²) < 4.78 is 0. The van der Waals surface area contributed by atoms with Crippen LogP contribution in [-0.4, -0.2) is 36.1 Å². The van der Waals surface area contributed by atoms with Gasteiger partial charge in [-0.3, -0.25) is 9.88 Å². The topological polar surface area (TPSA) is 28.2 Å². The van der Waals surface area contributed by atoms with Gasteiger partial charge in [-0.2, -0.15) is 0 Å². The van der Waals surface area contributed by atoms with Crippen molar-refractivity contribution >= 4 is 0 Å². The first-order valence-corrected chi connectivity index (χ1v) is 6.97. The first-order chi connectivity index (χ1) is 8.65. The number of aryl methyl sites for hydroxylation is 1. The lowest BCUT2D eigenvalue weighted by atomic mass is 10.2. The number of rotatable bonds is 8. The third-order valence-electron chi connectivity index (χ3n) is 3.38. The Morgan fingerprint density at radius 2 is 2.17 bits per heavy atom. The predicted molar refractivity (Wildman–Crippen MR) is 77.7 cm³/mol. The van der Waals surface area contributed by atoms with Crippen LogP contribution in [-0.2, 0) is 6.54 Å². The van der Waals surface area contributed by atoms with Crippen LogP contribution in [0.1, 0.15) is 38.1 Å². The van der Waals surface area contributed by atoms with E-state index in [9.17, 15) is 0 Å². The van der Waals surface area contributed by atoms with Gasteiger partial charge in [-0.05, 0) is 59.0 Å². The van der Waals surface area contributed by atoms with Crippen molar-refractivity contribution in [3.05, 3.63) is 29.6 Å². The fraction of sp³-hybridized carbons (Fsp3) is 0.667. The number of hydrogen-bond donors (Lipinski definition) is 1. The molecular weight excluding hydrogens is 222 g/mol. The number of hydrogen-bond acceptors (Lipinski definition) is 3. The summed E-state index contributed by atoms with van der Waals surface area (Å²) in [5, 5.41) is 3.28. The molecule has 0 aliphatic heterocycles. The molecule has 0 saturated heterocycles. The highest BCUT2D eigenvalue weighted by molar-refractivity contribution is 5.09. The molecular formula is C15H27N3. The van der Waals surface area contributed by atoms with E-state index in [1.165, 1.54) is 18.5 Å². The average molecular weight is 249 g/mol. The molecule has 1 N–H and O–H groups in total. The fourth-order valence-corrected chi connectivity index (χ4v) is 2.03. The Labute approximate surface area is 112 Å². The maximum atomic E-state index is 4.57. The molecule has 18 heavy (non-hydrogen) atoms. The van der Waals surface area contributed by atoms with Crippen LogP contribution in [0.2, 0.25) is 0 Å². The molecule has 1 rings (SSSR count). The van der Waals surface area contributed by atoms with Crippen LogP contribution < -0.4 is 5.32 Å². The highest BCUT2D eigenvalue weighted by atomic mass is 15.1. The summed E-state index contributed by atoms with van der Waals surface area (Å²) in [6, 6.07) is 6.87. The summed E-state index contributed by atoms with van der Waals surface area (Å²) in [5.41, 5.74) is 2.28. The normalized spacial score (nSPS) is 12.9. The van der Waals surface area contributed by atoms with Gasteiger partial charge in [0.2, 0.25) is 0 Å². The summed E-state index contributed by atoms with van der Waals surface area (Å²) in [6.45, 7) is 9.71. The quantitative estimate of drug-likeness (QED) is 0.767. The highest BCUT2D eigenvalue weighted by Crippen LogP contribution is 2.05. The van der Waals surface area contributed by atoms with E-state index in [-0.39, 0.29) is 0 Å². The predicted octanol–water partition coefficient (Wildman–Crippen LogP) is 2.60. The minimum Gasteiger partial charge on any atom is -0.317 e. The van der Waals surface area contributed by atoms with Crippen LogP contribution in [0.5, 0.6) is 0 Å². The second-order valence-electron chi connectivity index (χ2n) is 4.97. The Balaban J connectivity index is 2.37. The molecule has 0 saturated carbocycles. The smallest absolute Gasteiger partial charge is 0.0547 e. The van der Waals surface area contributed by atoms with Crippen LogP contribution in [0.15, 0.2) is 18.2 Å². The summed E-state index contributed by atoms with van der Waals surface area (Å²) in [4.78, 5) is 7.03. The first-order valence-electron chi connectivity index (χ1n) is 6.97. The highest BCUT2D eigenvalue weighted by Gasteiger charge is 2.06. The zero-order valence-electron chi connectivity index (χ0n) is 12.2. The zero-order valence-corrected chi connectivity index (χ0v) is 12.2.